The summed E-state index contributed by atoms with van der Waals surface area (Å²) < 4.78 is 1.32. The van der Waals surface area contributed by atoms with E-state index in [4.69, 9.17) is 0 Å². The van der Waals surface area contributed by atoms with E-state index in [1.165, 1.54) is 49.4 Å². The number of halogens is 1. The van der Waals surface area contributed by atoms with Crippen LogP contribution >= 0.6 is 22.6 Å². The van der Waals surface area contributed by atoms with Crippen LogP contribution in [0.25, 0.3) is 0 Å². The van der Waals surface area contributed by atoms with Crippen LogP contribution in [0.3, 0.4) is 0 Å². The molecular weight excluding hydrogens is 307 g/mol. The largest absolute Gasteiger partial charge is 0.0861 e. The Labute approximate surface area is 117 Å². The molecule has 16 heavy (non-hydrogen) atoms. The fourth-order valence-corrected chi connectivity index (χ4v) is 2.50. The van der Waals surface area contributed by atoms with Gasteiger partial charge in [-0.15, -0.1) is 0 Å². The summed E-state index contributed by atoms with van der Waals surface area (Å²) in [4.78, 5) is 0. The maximum Gasteiger partial charge on any atom is 0.00210 e. The number of alkyl halides is 1. The maximum atomic E-state index is 2.50. The quantitative estimate of drug-likeness (QED) is 0.334. The topological polar surface area (TPSA) is 0 Å². The third-order valence-electron chi connectivity index (χ3n) is 3.75. The van der Waals surface area contributed by atoms with Crippen molar-refractivity contribution < 1.29 is 0 Å². The van der Waals surface area contributed by atoms with Gasteiger partial charge < -0.3 is 0 Å². The lowest BCUT2D eigenvalue weighted by molar-refractivity contribution is 0.398. The third kappa shape index (κ3) is 9.92. The monoisotopic (exact) mass is 338 g/mol. The number of hydrogen-bond acceptors (Lipinski definition) is 0. The lowest BCUT2D eigenvalue weighted by Gasteiger charge is -2.14. The van der Waals surface area contributed by atoms with E-state index in [1.807, 2.05) is 0 Å². The van der Waals surface area contributed by atoms with Crippen LogP contribution in [0.2, 0.25) is 0 Å². The van der Waals surface area contributed by atoms with Crippen LogP contribution in [0.5, 0.6) is 0 Å². The number of rotatable bonds is 10. The Balaban J connectivity index is 3.34. The molecule has 0 aromatic heterocycles. The first kappa shape index (κ1) is 16.7. The van der Waals surface area contributed by atoms with Gasteiger partial charge in [0, 0.05) is 4.43 Å². The molecule has 0 nitrogen and oxygen atoms in total. The predicted molar refractivity (Wildman–Crippen MR) is 84.4 cm³/mol. The van der Waals surface area contributed by atoms with Gasteiger partial charge in [0.1, 0.15) is 0 Å². The third-order valence-corrected chi connectivity index (χ3v) is 5.25. The molecule has 3 unspecified atom stereocenters. The first-order valence-corrected chi connectivity index (χ1v) is 8.68. The molecule has 0 aliphatic carbocycles. The highest BCUT2D eigenvalue weighted by Crippen LogP contribution is 2.20. The van der Waals surface area contributed by atoms with Crippen molar-refractivity contribution in [2.75, 3.05) is 4.43 Å². The zero-order chi connectivity index (χ0) is 12.4. The summed E-state index contributed by atoms with van der Waals surface area (Å²) in [5, 5.41) is 0. The molecule has 0 spiro atoms. The Morgan fingerprint density at radius 2 is 1.19 bits per heavy atom. The van der Waals surface area contributed by atoms with E-state index in [9.17, 15) is 0 Å². The average Bonchev–Trinajstić information content (AvgIpc) is 2.28. The van der Waals surface area contributed by atoms with E-state index in [-0.39, 0.29) is 0 Å². The SMILES string of the molecule is CCC(C)CCCC(C)CCCC(C)CI. The molecule has 0 amide bonds. The minimum Gasteiger partial charge on any atom is -0.0861 e. The van der Waals surface area contributed by atoms with Gasteiger partial charge in [-0.05, 0) is 24.2 Å². The molecular formula is C15H31I. The van der Waals surface area contributed by atoms with Crippen LogP contribution in [0.15, 0.2) is 0 Å². The van der Waals surface area contributed by atoms with E-state index >= 15 is 0 Å². The summed E-state index contributed by atoms with van der Waals surface area (Å²) in [6.45, 7) is 9.50. The molecule has 0 aromatic rings. The molecule has 1 heteroatoms. The summed E-state index contributed by atoms with van der Waals surface area (Å²) >= 11 is 2.50. The summed E-state index contributed by atoms with van der Waals surface area (Å²) in [6, 6.07) is 0. The predicted octanol–water partition coefficient (Wildman–Crippen LogP) is 6.08. The summed E-state index contributed by atoms with van der Waals surface area (Å²) in [5.41, 5.74) is 0. The van der Waals surface area contributed by atoms with E-state index in [0.717, 1.165) is 17.8 Å². The van der Waals surface area contributed by atoms with Crippen LogP contribution < -0.4 is 0 Å². The normalized spacial score (nSPS) is 17.1. The molecule has 0 aromatic carbocycles. The van der Waals surface area contributed by atoms with Crippen LogP contribution in [-0.2, 0) is 0 Å². The van der Waals surface area contributed by atoms with Gasteiger partial charge in [-0.1, -0.05) is 88.8 Å². The fourth-order valence-electron chi connectivity index (χ4n) is 2.06. The Bertz CT molecular complexity index is 128. The van der Waals surface area contributed by atoms with Gasteiger partial charge in [-0.25, -0.2) is 0 Å². The van der Waals surface area contributed by atoms with Gasteiger partial charge in [0.25, 0.3) is 0 Å². The highest BCUT2D eigenvalue weighted by Gasteiger charge is 2.05. The van der Waals surface area contributed by atoms with Crippen molar-refractivity contribution in [1.29, 1.82) is 0 Å². The second-order valence-corrected chi connectivity index (χ2v) is 6.62. The molecule has 0 fully saturated rings. The van der Waals surface area contributed by atoms with Gasteiger partial charge in [0.2, 0.25) is 0 Å². The van der Waals surface area contributed by atoms with E-state index < -0.39 is 0 Å². The van der Waals surface area contributed by atoms with Crippen LogP contribution in [-0.4, -0.2) is 4.43 Å². The first-order valence-electron chi connectivity index (χ1n) is 7.16. The van der Waals surface area contributed by atoms with Gasteiger partial charge >= 0.3 is 0 Å². The molecule has 0 radical (unpaired) electrons. The Morgan fingerprint density at radius 1 is 0.750 bits per heavy atom. The second-order valence-electron chi connectivity index (χ2n) is 5.74. The zero-order valence-electron chi connectivity index (χ0n) is 11.8. The van der Waals surface area contributed by atoms with Gasteiger partial charge in [0.05, 0.1) is 0 Å². The van der Waals surface area contributed by atoms with Crippen LogP contribution in [0.1, 0.15) is 72.6 Å². The number of hydrogen-bond donors (Lipinski definition) is 0. The van der Waals surface area contributed by atoms with E-state index in [1.54, 1.807) is 0 Å². The van der Waals surface area contributed by atoms with Gasteiger partial charge in [-0.2, -0.15) is 0 Å². The molecule has 0 heterocycles. The molecule has 0 saturated carbocycles. The second kappa shape index (κ2) is 10.9. The summed E-state index contributed by atoms with van der Waals surface area (Å²) in [6.07, 6.45) is 9.99. The van der Waals surface area contributed by atoms with Crippen molar-refractivity contribution in [3.63, 3.8) is 0 Å². The van der Waals surface area contributed by atoms with E-state index in [0.29, 0.717) is 0 Å². The minimum absolute atomic E-state index is 0.924. The highest BCUT2D eigenvalue weighted by molar-refractivity contribution is 14.1. The van der Waals surface area contributed by atoms with Crippen LogP contribution in [0, 0.1) is 17.8 Å². The average molecular weight is 338 g/mol. The van der Waals surface area contributed by atoms with Crippen molar-refractivity contribution in [2.45, 2.75) is 72.6 Å². The molecule has 0 aliphatic heterocycles. The van der Waals surface area contributed by atoms with Crippen molar-refractivity contribution >= 4 is 22.6 Å². The smallest absolute Gasteiger partial charge is 0.00210 e. The molecule has 3 atom stereocenters. The van der Waals surface area contributed by atoms with Gasteiger partial charge in [-0.3, -0.25) is 0 Å². The first-order chi connectivity index (χ1) is 7.60. The zero-order valence-corrected chi connectivity index (χ0v) is 13.9. The molecule has 0 N–H and O–H groups in total. The Kier molecular flexibility index (Phi) is 11.4. The molecule has 0 bridgehead atoms. The molecule has 0 aliphatic rings. The standard InChI is InChI=1S/C15H31I/c1-5-13(2)8-6-9-14(3)10-7-11-15(4)12-16/h13-15H,5-12H2,1-4H3. The minimum atomic E-state index is 0.924. The molecule has 0 rings (SSSR count). The Morgan fingerprint density at radius 3 is 1.62 bits per heavy atom. The van der Waals surface area contributed by atoms with Crippen molar-refractivity contribution in [3.8, 4) is 0 Å². The summed E-state index contributed by atoms with van der Waals surface area (Å²) in [5.74, 6) is 2.81. The van der Waals surface area contributed by atoms with Gasteiger partial charge in [0.15, 0.2) is 0 Å². The molecule has 0 saturated heterocycles. The van der Waals surface area contributed by atoms with Crippen molar-refractivity contribution in [2.24, 2.45) is 17.8 Å². The fraction of sp³-hybridized carbons (Fsp3) is 1.00. The van der Waals surface area contributed by atoms with Crippen LogP contribution in [0.4, 0.5) is 0 Å². The maximum absolute atomic E-state index is 2.50. The summed E-state index contributed by atoms with van der Waals surface area (Å²) in [7, 11) is 0. The van der Waals surface area contributed by atoms with E-state index in [2.05, 4.69) is 50.3 Å². The highest BCUT2D eigenvalue weighted by atomic mass is 127. The molecule has 98 valence electrons. The Hall–Kier alpha value is 0.730. The lowest BCUT2D eigenvalue weighted by atomic mass is 9.93. The van der Waals surface area contributed by atoms with Crippen molar-refractivity contribution in [3.05, 3.63) is 0 Å². The van der Waals surface area contributed by atoms with Crippen molar-refractivity contribution in [1.82, 2.24) is 0 Å². The lowest BCUT2D eigenvalue weighted by Crippen LogP contribution is -2.00.